The van der Waals surface area contributed by atoms with E-state index in [2.05, 4.69) is 17.3 Å². The van der Waals surface area contributed by atoms with E-state index < -0.39 is 8.69 Å². The van der Waals surface area contributed by atoms with E-state index in [1.54, 1.807) is 6.08 Å². The fourth-order valence-electron chi connectivity index (χ4n) is 0.0680. The molecule has 5 heteroatoms. The third kappa shape index (κ3) is 40.2. The molecule has 0 aromatic heterocycles. The van der Waals surface area contributed by atoms with E-state index in [0.29, 0.717) is 6.61 Å². The lowest BCUT2D eigenvalue weighted by Gasteiger charge is -1.79. The molecule has 0 aliphatic heterocycles. The van der Waals surface area contributed by atoms with Crippen molar-refractivity contribution in [1.82, 2.24) is 0 Å². The van der Waals surface area contributed by atoms with Gasteiger partial charge in [-0.15, -0.1) is 6.58 Å². The van der Waals surface area contributed by atoms with Gasteiger partial charge in [0.25, 0.3) is 0 Å². The molecule has 1 atom stereocenters. The predicted octanol–water partition coefficient (Wildman–Crippen LogP) is -0.287. The summed E-state index contributed by atoms with van der Waals surface area (Å²) in [6, 6.07) is 0. The molecule has 1 unspecified atom stereocenters. The van der Waals surface area contributed by atoms with E-state index >= 15 is 0 Å². The first-order chi connectivity index (χ1) is 3.83. The van der Waals surface area contributed by atoms with Crippen molar-refractivity contribution in [3.8, 4) is 0 Å². The molecule has 3 N–H and O–H groups in total. The third-order valence-electron chi connectivity index (χ3n) is 0.214. The second-order valence-corrected chi connectivity index (χ2v) is 0.938. The SMILES string of the molecule is C=CCON.O=[PH2]O. The highest BCUT2D eigenvalue weighted by molar-refractivity contribution is 7.16. The van der Waals surface area contributed by atoms with Crippen LogP contribution in [0.4, 0.5) is 0 Å². The molecule has 0 fully saturated rings. The summed E-state index contributed by atoms with van der Waals surface area (Å²) in [5.74, 6) is 4.57. The Morgan fingerprint density at radius 3 is 2.38 bits per heavy atom. The van der Waals surface area contributed by atoms with Crippen LogP contribution in [0.2, 0.25) is 0 Å². The van der Waals surface area contributed by atoms with Gasteiger partial charge in [0.1, 0.15) is 0 Å². The first kappa shape index (κ1) is 10.8. The van der Waals surface area contributed by atoms with Crippen LogP contribution in [0, 0.1) is 0 Å². The maximum absolute atomic E-state index is 8.57. The summed E-state index contributed by atoms with van der Waals surface area (Å²) in [7, 11) is -1.50. The highest BCUT2D eigenvalue weighted by Gasteiger charge is 1.58. The van der Waals surface area contributed by atoms with Crippen LogP contribution in [-0.2, 0) is 9.40 Å². The second-order valence-electron chi connectivity index (χ2n) is 0.727. The van der Waals surface area contributed by atoms with Gasteiger partial charge in [0.15, 0.2) is 8.69 Å². The van der Waals surface area contributed by atoms with E-state index in [1.165, 1.54) is 0 Å². The van der Waals surface area contributed by atoms with Crippen LogP contribution < -0.4 is 5.90 Å². The Balaban J connectivity index is 0. The van der Waals surface area contributed by atoms with Crippen molar-refractivity contribution in [3.05, 3.63) is 12.7 Å². The van der Waals surface area contributed by atoms with Gasteiger partial charge < -0.3 is 9.73 Å². The normalized spacial score (nSPS) is 8.25. The molecule has 0 bridgehead atoms. The van der Waals surface area contributed by atoms with Crippen molar-refractivity contribution in [1.29, 1.82) is 0 Å². The van der Waals surface area contributed by atoms with Gasteiger partial charge in [-0.25, -0.2) is 5.90 Å². The Morgan fingerprint density at radius 1 is 2.00 bits per heavy atom. The summed E-state index contributed by atoms with van der Waals surface area (Å²) in [4.78, 5) is 11.2. The van der Waals surface area contributed by atoms with Crippen molar-refractivity contribution in [2.24, 2.45) is 5.90 Å². The van der Waals surface area contributed by atoms with Crippen molar-refractivity contribution in [2.45, 2.75) is 0 Å². The molecule has 0 saturated carbocycles. The zero-order valence-electron chi connectivity index (χ0n) is 4.41. The van der Waals surface area contributed by atoms with Gasteiger partial charge >= 0.3 is 0 Å². The first-order valence-electron chi connectivity index (χ1n) is 1.83. The molecule has 8 heavy (non-hydrogen) atoms. The second kappa shape index (κ2) is 15.8. The molecule has 0 aromatic rings. The van der Waals surface area contributed by atoms with E-state index in [9.17, 15) is 0 Å². The molecule has 4 nitrogen and oxygen atoms in total. The zero-order valence-corrected chi connectivity index (χ0v) is 5.56. The minimum absolute atomic E-state index is 0.431. The monoisotopic (exact) mass is 139 g/mol. The van der Waals surface area contributed by atoms with E-state index in [4.69, 9.17) is 9.46 Å². The summed E-state index contributed by atoms with van der Waals surface area (Å²) in [5, 5.41) is 0. The summed E-state index contributed by atoms with van der Waals surface area (Å²) in [6.07, 6.45) is 1.58. The molecule has 0 radical (unpaired) electrons. The Labute approximate surface area is 49.2 Å². The van der Waals surface area contributed by atoms with Crippen LogP contribution in [-0.4, -0.2) is 11.5 Å². The summed E-state index contributed by atoms with van der Waals surface area (Å²) >= 11 is 0. The average molecular weight is 139 g/mol. The number of rotatable bonds is 2. The van der Waals surface area contributed by atoms with Crippen molar-refractivity contribution in [3.63, 3.8) is 0 Å². The average Bonchev–Trinajstić information content (AvgIpc) is 1.71. The molecule has 0 aliphatic carbocycles. The van der Waals surface area contributed by atoms with E-state index in [-0.39, 0.29) is 0 Å². The molecular weight excluding hydrogens is 129 g/mol. The Kier molecular flexibility index (Phi) is 21.3. The van der Waals surface area contributed by atoms with Gasteiger partial charge in [0.05, 0.1) is 6.61 Å². The van der Waals surface area contributed by atoms with Crippen molar-refractivity contribution < 1.29 is 14.3 Å². The zero-order chi connectivity index (χ0) is 6.83. The number of hydrogen-bond donors (Lipinski definition) is 2. The Morgan fingerprint density at radius 2 is 2.38 bits per heavy atom. The predicted molar refractivity (Wildman–Crippen MR) is 33.0 cm³/mol. The molecule has 0 spiro atoms. The largest absolute Gasteiger partial charge is 0.348 e. The minimum atomic E-state index is -1.50. The van der Waals surface area contributed by atoms with Crippen LogP contribution in [0.5, 0.6) is 0 Å². The van der Waals surface area contributed by atoms with Crippen LogP contribution in [0.25, 0.3) is 0 Å². The lowest BCUT2D eigenvalue weighted by Crippen LogP contribution is -1.96. The minimum Gasteiger partial charge on any atom is -0.348 e. The molecule has 0 rings (SSSR count). The standard InChI is InChI=1S/C3H7NO.H3O2P/c1-2-3-5-4;1-3-2/h2H,1,3-4H2;3H2,(H,1,2). The molecule has 0 amide bonds. The molecule has 0 aromatic carbocycles. The number of nitrogens with two attached hydrogens (primary N) is 1. The van der Waals surface area contributed by atoms with Gasteiger partial charge in [0, 0.05) is 0 Å². The fourth-order valence-corrected chi connectivity index (χ4v) is 0.0680. The smallest absolute Gasteiger partial charge is 0.177 e. The fraction of sp³-hybridized carbons (Fsp3) is 0.333. The maximum Gasteiger partial charge on any atom is 0.177 e. The quantitative estimate of drug-likeness (QED) is 0.313. The van der Waals surface area contributed by atoms with Crippen molar-refractivity contribution in [2.75, 3.05) is 6.61 Å². The summed E-state index contributed by atoms with van der Waals surface area (Å²) < 4.78 is 8.57. The highest BCUT2D eigenvalue weighted by atomic mass is 31.1. The van der Waals surface area contributed by atoms with Crippen LogP contribution >= 0.6 is 8.69 Å². The summed E-state index contributed by atoms with van der Waals surface area (Å²) in [6.45, 7) is 3.78. The molecule has 50 valence electrons. The van der Waals surface area contributed by atoms with Crippen LogP contribution in [0.3, 0.4) is 0 Å². The van der Waals surface area contributed by atoms with Gasteiger partial charge in [-0.2, -0.15) is 0 Å². The first-order valence-corrected chi connectivity index (χ1v) is 2.82. The van der Waals surface area contributed by atoms with Crippen LogP contribution in [0.1, 0.15) is 0 Å². The third-order valence-corrected chi connectivity index (χ3v) is 0.214. The van der Waals surface area contributed by atoms with Gasteiger partial charge in [-0.3, -0.25) is 4.57 Å². The molecule has 0 saturated heterocycles. The highest BCUT2D eigenvalue weighted by Crippen LogP contribution is 1.66. The van der Waals surface area contributed by atoms with E-state index in [0.717, 1.165) is 0 Å². The lowest BCUT2D eigenvalue weighted by atomic mass is 10.7. The summed E-state index contributed by atoms with van der Waals surface area (Å²) in [5.41, 5.74) is 0. The van der Waals surface area contributed by atoms with Gasteiger partial charge in [-0.1, -0.05) is 6.08 Å². The van der Waals surface area contributed by atoms with Crippen molar-refractivity contribution >= 4 is 8.69 Å². The Bertz CT molecular complexity index is 58.5. The number of hydrogen-bond acceptors (Lipinski definition) is 3. The lowest BCUT2D eigenvalue weighted by molar-refractivity contribution is 0.168. The Hall–Kier alpha value is -0.150. The van der Waals surface area contributed by atoms with E-state index in [1.807, 2.05) is 0 Å². The molecular formula is C3H10NO3P. The molecule has 0 heterocycles. The van der Waals surface area contributed by atoms with Crippen LogP contribution in [0.15, 0.2) is 12.7 Å². The van der Waals surface area contributed by atoms with Gasteiger partial charge in [-0.05, 0) is 0 Å². The topological polar surface area (TPSA) is 72.5 Å². The van der Waals surface area contributed by atoms with Gasteiger partial charge in [0.2, 0.25) is 0 Å². The maximum atomic E-state index is 8.57. The molecule has 0 aliphatic rings.